The first-order valence-corrected chi connectivity index (χ1v) is 15.9. The number of aliphatic imine (C=N–C) groups is 1. The van der Waals surface area contributed by atoms with Crippen molar-refractivity contribution in [3.63, 3.8) is 0 Å². The molecule has 1 spiro atoms. The zero-order chi connectivity index (χ0) is 30.7. The van der Waals surface area contributed by atoms with Crippen LogP contribution in [0.3, 0.4) is 0 Å². The van der Waals surface area contributed by atoms with Gasteiger partial charge in [-0.25, -0.2) is 8.42 Å². The Morgan fingerprint density at radius 2 is 1.79 bits per heavy atom. The molecule has 0 bridgehead atoms. The number of rotatable bonds is 10. The fourth-order valence-corrected chi connectivity index (χ4v) is 7.22. The van der Waals surface area contributed by atoms with Gasteiger partial charge >= 0.3 is 6.18 Å². The molecule has 0 aromatic heterocycles. The highest BCUT2D eigenvalue weighted by Gasteiger charge is 2.48. The van der Waals surface area contributed by atoms with Gasteiger partial charge in [0.15, 0.2) is 0 Å². The fraction of sp³-hybridized carbons (Fsp3) is 0.655. The molecule has 9 nitrogen and oxygen atoms in total. The number of hydrogen-bond donors (Lipinski definition) is 3. The average molecular weight is 616 g/mol. The van der Waals surface area contributed by atoms with Gasteiger partial charge in [0.25, 0.3) is 5.91 Å². The first-order valence-electron chi connectivity index (χ1n) is 14.4. The van der Waals surface area contributed by atoms with E-state index in [0.717, 1.165) is 22.1 Å². The molecule has 2 fully saturated rings. The molecule has 2 heterocycles. The minimum Gasteiger partial charge on any atom is -0.491 e. The highest BCUT2D eigenvalue weighted by Crippen LogP contribution is 2.38. The van der Waals surface area contributed by atoms with E-state index < -0.39 is 40.9 Å². The number of ether oxygens (including phenoxy) is 1. The van der Waals surface area contributed by atoms with Crippen LogP contribution in [0.15, 0.2) is 22.5 Å². The molecule has 2 aliphatic heterocycles. The lowest BCUT2D eigenvalue weighted by Gasteiger charge is -2.34. The van der Waals surface area contributed by atoms with Gasteiger partial charge in [-0.1, -0.05) is 0 Å². The van der Waals surface area contributed by atoms with Crippen LogP contribution >= 0.6 is 0 Å². The number of aryl methyl sites for hydroxylation is 2. The maximum absolute atomic E-state index is 13.2. The Kier molecular flexibility index (Phi) is 10.1. The molecule has 1 amide bonds. The van der Waals surface area contributed by atoms with Crippen molar-refractivity contribution in [3.05, 3.63) is 34.2 Å². The highest BCUT2D eigenvalue weighted by molar-refractivity contribution is 7.92. The van der Waals surface area contributed by atoms with Crippen molar-refractivity contribution in [2.75, 3.05) is 26.3 Å². The second-order valence-electron chi connectivity index (χ2n) is 11.7. The maximum Gasteiger partial charge on any atom is 0.389 e. The quantitative estimate of drug-likeness (QED) is 0.367. The molecule has 3 aliphatic rings. The second kappa shape index (κ2) is 13.0. The smallest absolute Gasteiger partial charge is 0.389 e. The number of carbonyl (C=O) groups excluding carboxylic acids is 1. The van der Waals surface area contributed by atoms with E-state index in [1.807, 2.05) is 13.8 Å². The molecule has 1 aromatic rings. The van der Waals surface area contributed by atoms with Crippen LogP contribution in [0.2, 0.25) is 0 Å². The number of amidine groups is 1. The summed E-state index contributed by atoms with van der Waals surface area (Å²) in [4.78, 5) is 17.7. The van der Waals surface area contributed by atoms with Crippen LogP contribution in [0.5, 0.6) is 5.75 Å². The Balaban J connectivity index is 1.34. The number of benzene rings is 1. The van der Waals surface area contributed by atoms with Crippen LogP contribution in [0.1, 0.15) is 68.1 Å². The van der Waals surface area contributed by atoms with E-state index in [1.54, 1.807) is 18.2 Å². The number of halogens is 3. The summed E-state index contributed by atoms with van der Waals surface area (Å²) in [6.07, 6.45) is -1.03. The van der Waals surface area contributed by atoms with Gasteiger partial charge in [-0.15, -0.1) is 0 Å². The molecular formula is C29H40F3N3O6S. The van der Waals surface area contributed by atoms with Crippen LogP contribution in [-0.2, 0) is 14.8 Å². The van der Waals surface area contributed by atoms with Crippen LogP contribution in [0, 0.1) is 25.7 Å². The lowest BCUT2D eigenvalue weighted by Crippen LogP contribution is -2.50. The molecule has 0 radical (unpaired) electrons. The van der Waals surface area contributed by atoms with Gasteiger partial charge in [0, 0.05) is 30.8 Å². The molecule has 0 unspecified atom stereocenters. The fourth-order valence-electron chi connectivity index (χ4n) is 6.04. The summed E-state index contributed by atoms with van der Waals surface area (Å²) in [6, 6.07) is 3.47. The summed E-state index contributed by atoms with van der Waals surface area (Å²) in [7, 11) is -3.77. The van der Waals surface area contributed by atoms with Crippen molar-refractivity contribution in [1.29, 1.82) is 0 Å². The third-order valence-electron chi connectivity index (χ3n) is 8.60. The van der Waals surface area contributed by atoms with Gasteiger partial charge in [0.05, 0.1) is 6.61 Å². The molecule has 1 saturated carbocycles. The van der Waals surface area contributed by atoms with Crippen LogP contribution in [-0.4, -0.2) is 78.8 Å². The second-order valence-corrected chi connectivity index (χ2v) is 13.5. The third-order valence-corrected chi connectivity index (χ3v) is 10.2. The van der Waals surface area contributed by atoms with E-state index in [1.165, 1.54) is 4.31 Å². The SMILES string of the molecule is Cc1cc(OC[C@@H](O)CO)cc(C)c1C=CS(=O)(=O)N1CCC2(CC1)N=C(C1CCC(CCC(F)(F)F)CC1)NC2=O. The minimum atomic E-state index is -4.14. The Morgan fingerprint density at radius 1 is 1.17 bits per heavy atom. The zero-order valence-corrected chi connectivity index (χ0v) is 24.8. The largest absolute Gasteiger partial charge is 0.491 e. The van der Waals surface area contributed by atoms with Crippen molar-refractivity contribution in [3.8, 4) is 5.75 Å². The predicted molar refractivity (Wildman–Crippen MR) is 152 cm³/mol. The molecule has 1 atom stereocenters. The number of amides is 1. The number of aliphatic hydroxyl groups is 2. The molecule has 234 valence electrons. The van der Waals surface area contributed by atoms with Crippen LogP contribution < -0.4 is 10.1 Å². The molecule has 13 heteroatoms. The first-order chi connectivity index (χ1) is 19.7. The number of alkyl halides is 3. The van der Waals surface area contributed by atoms with Crippen molar-refractivity contribution < 1.29 is 41.3 Å². The molecule has 1 aromatic carbocycles. The van der Waals surface area contributed by atoms with Gasteiger partial charge in [0.2, 0.25) is 10.0 Å². The molecule has 4 rings (SSSR count). The number of nitrogens with zero attached hydrogens (tertiary/aromatic N) is 2. The standard InChI is InChI=1S/C29H40F3N3O6S/c1-19-15-24(41-18-23(37)17-36)16-20(2)25(19)8-14-42(39,40)35-12-10-28(11-13-35)27(38)33-26(34-28)22-5-3-21(4-6-22)7-9-29(30,31)32/h8,14-16,21-23,36-37H,3-7,9-13,17-18H2,1-2H3,(H,33,34,38)/t21?,22?,23-/m0/s1. The Hall–Kier alpha value is -2.48. The summed E-state index contributed by atoms with van der Waals surface area (Å²) >= 11 is 0. The van der Waals surface area contributed by atoms with Gasteiger partial charge in [0.1, 0.15) is 29.8 Å². The summed E-state index contributed by atoms with van der Waals surface area (Å²) in [5.41, 5.74) is 1.28. The zero-order valence-electron chi connectivity index (χ0n) is 24.0. The number of sulfonamides is 1. The summed E-state index contributed by atoms with van der Waals surface area (Å²) in [6.45, 7) is 3.44. The molecule has 3 N–H and O–H groups in total. The summed E-state index contributed by atoms with van der Waals surface area (Å²) < 4.78 is 70.9. The van der Waals surface area contributed by atoms with E-state index in [2.05, 4.69) is 5.32 Å². The Labute approximate surface area is 244 Å². The molecular weight excluding hydrogens is 575 g/mol. The van der Waals surface area contributed by atoms with E-state index in [0.29, 0.717) is 37.3 Å². The monoisotopic (exact) mass is 615 g/mol. The number of nitrogens with one attached hydrogen (secondary N) is 1. The van der Waals surface area contributed by atoms with Crippen LogP contribution in [0.25, 0.3) is 6.08 Å². The van der Waals surface area contributed by atoms with Gasteiger partial charge < -0.3 is 20.3 Å². The summed E-state index contributed by atoms with van der Waals surface area (Å²) in [5.74, 6) is 0.895. The number of hydrogen-bond acceptors (Lipinski definition) is 7. The highest BCUT2D eigenvalue weighted by atomic mass is 32.2. The Bertz CT molecular complexity index is 1270. The van der Waals surface area contributed by atoms with Crippen molar-refractivity contribution in [2.45, 2.75) is 83.0 Å². The van der Waals surface area contributed by atoms with E-state index in [4.69, 9.17) is 14.8 Å². The van der Waals surface area contributed by atoms with Crippen molar-refractivity contribution in [2.24, 2.45) is 16.8 Å². The summed E-state index contributed by atoms with van der Waals surface area (Å²) in [5, 5.41) is 22.5. The van der Waals surface area contributed by atoms with E-state index >= 15 is 0 Å². The average Bonchev–Trinajstić information content (AvgIpc) is 3.25. The maximum atomic E-state index is 13.2. The van der Waals surface area contributed by atoms with Crippen molar-refractivity contribution >= 4 is 27.8 Å². The van der Waals surface area contributed by atoms with Gasteiger partial charge in [-0.2, -0.15) is 17.5 Å². The van der Waals surface area contributed by atoms with Crippen molar-refractivity contribution in [1.82, 2.24) is 9.62 Å². The van der Waals surface area contributed by atoms with Crippen LogP contribution in [0.4, 0.5) is 13.2 Å². The molecule has 1 aliphatic carbocycles. The number of carbonyl (C=O) groups is 1. The molecule has 1 saturated heterocycles. The van der Waals surface area contributed by atoms with Gasteiger partial charge in [-0.3, -0.25) is 9.79 Å². The Morgan fingerprint density at radius 3 is 2.36 bits per heavy atom. The number of piperidine rings is 1. The first kappa shape index (κ1) is 32.4. The topological polar surface area (TPSA) is 129 Å². The normalized spacial score (nSPS) is 24.2. The van der Waals surface area contributed by atoms with Gasteiger partial charge in [-0.05, 0) is 99.6 Å². The lowest BCUT2D eigenvalue weighted by molar-refractivity contribution is -0.138. The third kappa shape index (κ3) is 7.91. The van der Waals surface area contributed by atoms with E-state index in [9.17, 15) is 31.5 Å². The van der Waals surface area contributed by atoms with E-state index in [-0.39, 0.29) is 56.7 Å². The predicted octanol–water partition coefficient (Wildman–Crippen LogP) is 3.85. The molecule has 42 heavy (non-hydrogen) atoms. The minimum absolute atomic E-state index is 0.00294. The number of aliphatic hydroxyl groups excluding tert-OH is 2. The lowest BCUT2D eigenvalue weighted by atomic mass is 9.79.